The van der Waals surface area contributed by atoms with Crippen molar-refractivity contribution in [2.24, 2.45) is 0 Å². The van der Waals surface area contributed by atoms with Crippen molar-refractivity contribution in [3.05, 3.63) is 29.3 Å². The summed E-state index contributed by atoms with van der Waals surface area (Å²) in [6, 6.07) is 4.03. The van der Waals surface area contributed by atoms with Crippen molar-refractivity contribution in [3.8, 4) is 17.2 Å². The second-order valence-corrected chi connectivity index (χ2v) is 7.83. The number of phenolic OH excluding ortho intramolecular Hbond substituents is 2. The number of ether oxygens (including phenoxy) is 3. The van der Waals surface area contributed by atoms with Crippen LogP contribution in [0.25, 0.3) is 10.8 Å². The van der Waals surface area contributed by atoms with Crippen LogP contribution in [-0.4, -0.2) is 79.8 Å². The highest BCUT2D eigenvalue weighted by molar-refractivity contribution is 6.08. The molecule has 0 aliphatic carbocycles. The Hall–Kier alpha value is -2.47. The molecule has 168 valence electrons. The fourth-order valence-corrected chi connectivity index (χ4v) is 4.14. The smallest absolute Gasteiger partial charge is 0.229 e. The van der Waals surface area contributed by atoms with E-state index in [0.717, 1.165) is 0 Å². The summed E-state index contributed by atoms with van der Waals surface area (Å²) in [6.45, 7) is 2.66. The van der Waals surface area contributed by atoms with Gasteiger partial charge in [0.05, 0.1) is 18.1 Å². The van der Waals surface area contributed by atoms with Crippen molar-refractivity contribution >= 4 is 16.6 Å². The molecule has 0 saturated carbocycles. The Morgan fingerprint density at radius 3 is 2.35 bits per heavy atom. The first kappa shape index (κ1) is 21.8. The zero-order valence-corrected chi connectivity index (χ0v) is 16.8. The molecule has 4 rings (SSSR count). The standard InChI is InChI=1S/C21H24O10/c1-7-14-11(16(24)8(2)29-7)4-9-3-10(23)5-12(15(9)18(14)26)30-21-20(28)19(27)17(25)13(6-22)31-21/h3-5,7-8,13,17,19-23,25-28H,6H2,1-2H3/t7-,8-,13+,17+,19-,20+,21+/m0/s1. The summed E-state index contributed by atoms with van der Waals surface area (Å²) < 4.78 is 16.6. The molecule has 2 aromatic carbocycles. The number of hydrogen-bond acceptors (Lipinski definition) is 10. The normalized spacial score (nSPS) is 33.4. The number of fused-ring (bicyclic) bond motifs is 2. The molecule has 2 heterocycles. The summed E-state index contributed by atoms with van der Waals surface area (Å²) in [5.41, 5.74) is 0.528. The highest BCUT2D eigenvalue weighted by atomic mass is 16.7. The first-order valence-electron chi connectivity index (χ1n) is 9.83. The Bertz CT molecular complexity index is 1020. The molecular weight excluding hydrogens is 412 g/mol. The molecule has 31 heavy (non-hydrogen) atoms. The predicted molar refractivity (Wildman–Crippen MR) is 105 cm³/mol. The lowest BCUT2D eigenvalue weighted by molar-refractivity contribution is -0.277. The number of aliphatic hydroxyl groups excluding tert-OH is 4. The number of benzene rings is 2. The van der Waals surface area contributed by atoms with Crippen molar-refractivity contribution in [1.82, 2.24) is 0 Å². The number of carbonyl (C=O) groups excluding carboxylic acids is 1. The first-order valence-corrected chi connectivity index (χ1v) is 9.83. The van der Waals surface area contributed by atoms with Gasteiger partial charge in [0, 0.05) is 17.2 Å². The van der Waals surface area contributed by atoms with Gasteiger partial charge in [-0.2, -0.15) is 0 Å². The van der Waals surface area contributed by atoms with Crippen LogP contribution in [0.3, 0.4) is 0 Å². The molecular formula is C21H24O10. The van der Waals surface area contributed by atoms with Gasteiger partial charge in [0.2, 0.25) is 6.29 Å². The van der Waals surface area contributed by atoms with Gasteiger partial charge < -0.3 is 44.8 Å². The van der Waals surface area contributed by atoms with Gasteiger partial charge in [-0.15, -0.1) is 0 Å². The van der Waals surface area contributed by atoms with Crippen molar-refractivity contribution in [2.45, 2.75) is 56.8 Å². The molecule has 0 unspecified atom stereocenters. The number of aromatic hydroxyl groups is 2. The van der Waals surface area contributed by atoms with E-state index in [9.17, 15) is 35.4 Å². The third-order valence-electron chi connectivity index (χ3n) is 5.74. The number of carbonyl (C=O) groups is 1. The van der Waals surface area contributed by atoms with Crippen LogP contribution in [0.15, 0.2) is 18.2 Å². The number of ketones is 1. The fourth-order valence-electron chi connectivity index (χ4n) is 4.14. The van der Waals surface area contributed by atoms with E-state index in [-0.39, 0.29) is 39.5 Å². The van der Waals surface area contributed by atoms with E-state index in [1.165, 1.54) is 18.2 Å². The zero-order chi connectivity index (χ0) is 22.6. The van der Waals surface area contributed by atoms with E-state index in [2.05, 4.69) is 0 Å². The highest BCUT2D eigenvalue weighted by Gasteiger charge is 2.45. The summed E-state index contributed by atoms with van der Waals surface area (Å²) in [5.74, 6) is -0.949. The van der Waals surface area contributed by atoms with Crippen LogP contribution >= 0.6 is 0 Å². The van der Waals surface area contributed by atoms with Gasteiger partial charge in [-0.1, -0.05) is 0 Å². The molecule has 2 aromatic rings. The van der Waals surface area contributed by atoms with Crippen molar-refractivity contribution in [3.63, 3.8) is 0 Å². The molecule has 2 aliphatic heterocycles. The van der Waals surface area contributed by atoms with Gasteiger partial charge in [-0.05, 0) is 31.4 Å². The molecule has 0 spiro atoms. The van der Waals surface area contributed by atoms with Crippen LogP contribution in [-0.2, 0) is 9.47 Å². The molecule has 0 amide bonds. The van der Waals surface area contributed by atoms with E-state index in [4.69, 9.17) is 14.2 Å². The Morgan fingerprint density at radius 2 is 1.68 bits per heavy atom. The first-order chi connectivity index (χ1) is 14.6. The lowest BCUT2D eigenvalue weighted by Gasteiger charge is -2.39. The number of Topliss-reactive ketones (excluding diaryl/α,β-unsaturated/α-hetero) is 1. The van der Waals surface area contributed by atoms with Crippen LogP contribution in [0.2, 0.25) is 0 Å². The Balaban J connectivity index is 1.82. The Kier molecular flexibility index (Phi) is 5.54. The average molecular weight is 436 g/mol. The van der Waals surface area contributed by atoms with Crippen LogP contribution in [0.1, 0.15) is 35.9 Å². The molecule has 10 nitrogen and oxygen atoms in total. The lowest BCUT2D eigenvalue weighted by Crippen LogP contribution is -2.60. The Labute approximate surface area is 176 Å². The maximum Gasteiger partial charge on any atom is 0.229 e. The SMILES string of the molecule is C[C@@H]1O[C@@H](C)c2c(cc3cc(O)cc(O[C@@H]4O[C@H](CO)[C@@H](O)[C@H](O)[C@H]4O)c3c2O)C1=O. The second kappa shape index (κ2) is 7.90. The highest BCUT2D eigenvalue weighted by Crippen LogP contribution is 2.46. The van der Waals surface area contributed by atoms with Crippen molar-refractivity contribution in [1.29, 1.82) is 0 Å². The summed E-state index contributed by atoms with van der Waals surface area (Å²) in [6.07, 6.45) is -8.91. The molecule has 1 saturated heterocycles. The number of rotatable bonds is 3. The second-order valence-electron chi connectivity index (χ2n) is 7.83. The van der Waals surface area contributed by atoms with Crippen LogP contribution < -0.4 is 4.74 Å². The molecule has 0 bridgehead atoms. The van der Waals surface area contributed by atoms with E-state index in [1.807, 2.05) is 0 Å². The quantitative estimate of drug-likeness (QED) is 0.388. The van der Waals surface area contributed by atoms with E-state index >= 15 is 0 Å². The predicted octanol–water partition coefficient (Wildman–Crippen LogP) is 0.0921. The van der Waals surface area contributed by atoms with E-state index in [1.54, 1.807) is 13.8 Å². The zero-order valence-electron chi connectivity index (χ0n) is 16.8. The molecule has 2 aliphatic rings. The van der Waals surface area contributed by atoms with Crippen LogP contribution in [0, 0.1) is 0 Å². The molecule has 10 heteroatoms. The van der Waals surface area contributed by atoms with Gasteiger partial charge in [0.15, 0.2) is 5.78 Å². The number of phenols is 2. The molecule has 6 N–H and O–H groups in total. The van der Waals surface area contributed by atoms with Gasteiger partial charge >= 0.3 is 0 Å². The fraction of sp³-hybridized carbons (Fsp3) is 0.476. The molecule has 0 radical (unpaired) electrons. The maximum atomic E-state index is 12.6. The maximum absolute atomic E-state index is 12.6. The van der Waals surface area contributed by atoms with Crippen molar-refractivity contribution in [2.75, 3.05) is 6.61 Å². The largest absolute Gasteiger partial charge is 0.508 e. The molecule has 7 atom stereocenters. The van der Waals surface area contributed by atoms with Gasteiger partial charge in [-0.3, -0.25) is 4.79 Å². The van der Waals surface area contributed by atoms with E-state index < -0.39 is 49.5 Å². The minimum atomic E-state index is -1.68. The summed E-state index contributed by atoms with van der Waals surface area (Å²) >= 11 is 0. The van der Waals surface area contributed by atoms with E-state index in [0.29, 0.717) is 5.39 Å². The third kappa shape index (κ3) is 3.51. The summed E-state index contributed by atoms with van der Waals surface area (Å²) in [5, 5.41) is 61.1. The monoisotopic (exact) mass is 436 g/mol. The number of aliphatic hydroxyl groups is 4. The Morgan fingerprint density at radius 1 is 0.968 bits per heavy atom. The summed E-state index contributed by atoms with van der Waals surface area (Å²) in [7, 11) is 0. The van der Waals surface area contributed by atoms with Gasteiger partial charge in [0.1, 0.15) is 47.8 Å². The van der Waals surface area contributed by atoms with Gasteiger partial charge in [0.25, 0.3) is 0 Å². The van der Waals surface area contributed by atoms with Crippen molar-refractivity contribution < 1.29 is 49.6 Å². The third-order valence-corrected chi connectivity index (χ3v) is 5.74. The lowest BCUT2D eigenvalue weighted by atomic mass is 9.89. The minimum Gasteiger partial charge on any atom is -0.508 e. The van der Waals surface area contributed by atoms with Crippen LogP contribution in [0.4, 0.5) is 0 Å². The number of hydrogen-bond donors (Lipinski definition) is 6. The van der Waals surface area contributed by atoms with Gasteiger partial charge in [-0.25, -0.2) is 0 Å². The van der Waals surface area contributed by atoms with Crippen LogP contribution in [0.5, 0.6) is 17.2 Å². The minimum absolute atomic E-state index is 0.0992. The molecule has 0 aromatic heterocycles. The average Bonchev–Trinajstić information content (AvgIpc) is 2.71. The summed E-state index contributed by atoms with van der Waals surface area (Å²) in [4.78, 5) is 12.6. The molecule has 1 fully saturated rings. The topological polar surface area (TPSA) is 166 Å².